The zero-order valence-corrected chi connectivity index (χ0v) is 10.5. The fourth-order valence-electron chi connectivity index (χ4n) is 1.74. The Balaban J connectivity index is 2.39. The molecule has 18 heavy (non-hydrogen) atoms. The summed E-state index contributed by atoms with van der Waals surface area (Å²) < 4.78 is 13.1. The number of carbonyl (C=O) groups is 1. The van der Waals surface area contributed by atoms with Crippen molar-refractivity contribution in [2.24, 2.45) is 0 Å². The molecule has 0 aliphatic heterocycles. The minimum atomic E-state index is -0.950. The average molecular weight is 259 g/mol. The third-order valence-electron chi connectivity index (χ3n) is 2.69. The first-order chi connectivity index (χ1) is 8.63. The first-order valence-corrected chi connectivity index (χ1v) is 6.30. The lowest BCUT2D eigenvalue weighted by Gasteiger charge is -2.08. The summed E-state index contributed by atoms with van der Waals surface area (Å²) in [6, 6.07) is 7.57. The third kappa shape index (κ3) is 2.31. The Morgan fingerprint density at radius 3 is 2.78 bits per heavy atom. The number of hydrogen-bond donors (Lipinski definition) is 0. The predicted octanol–water partition coefficient (Wildman–Crippen LogP) is 3.69. The SMILES string of the molecule is Cc1cscc1C(=O)C(C#N)c1cccc(F)c1. The van der Waals surface area contributed by atoms with E-state index in [9.17, 15) is 9.18 Å². The largest absolute Gasteiger partial charge is 0.292 e. The number of benzene rings is 1. The zero-order valence-electron chi connectivity index (χ0n) is 9.68. The molecule has 0 amide bonds. The van der Waals surface area contributed by atoms with Crippen molar-refractivity contribution in [3.05, 3.63) is 57.5 Å². The van der Waals surface area contributed by atoms with Crippen molar-refractivity contribution in [2.75, 3.05) is 0 Å². The van der Waals surface area contributed by atoms with E-state index in [1.165, 1.54) is 29.5 Å². The highest BCUT2D eigenvalue weighted by Crippen LogP contribution is 2.24. The zero-order chi connectivity index (χ0) is 13.1. The lowest BCUT2D eigenvalue weighted by atomic mass is 9.92. The van der Waals surface area contributed by atoms with Crippen LogP contribution in [0.2, 0.25) is 0 Å². The van der Waals surface area contributed by atoms with Crippen LogP contribution in [0.25, 0.3) is 0 Å². The summed E-state index contributed by atoms with van der Waals surface area (Å²) in [4.78, 5) is 12.2. The van der Waals surface area contributed by atoms with E-state index in [4.69, 9.17) is 5.26 Å². The van der Waals surface area contributed by atoms with Crippen LogP contribution in [0.5, 0.6) is 0 Å². The molecule has 0 saturated heterocycles. The average Bonchev–Trinajstić information content (AvgIpc) is 2.76. The second kappa shape index (κ2) is 5.11. The normalized spacial score (nSPS) is 11.8. The summed E-state index contributed by atoms with van der Waals surface area (Å²) in [6.45, 7) is 1.82. The van der Waals surface area contributed by atoms with Gasteiger partial charge in [0.15, 0.2) is 5.78 Å². The number of rotatable bonds is 3. The molecule has 2 aromatic rings. The Labute approximate surface area is 108 Å². The minimum absolute atomic E-state index is 0.276. The van der Waals surface area contributed by atoms with Crippen molar-refractivity contribution in [2.45, 2.75) is 12.8 Å². The molecular formula is C14H10FNOS. The summed E-state index contributed by atoms with van der Waals surface area (Å²) in [5.74, 6) is -1.67. The fourth-order valence-corrected chi connectivity index (χ4v) is 2.58. The van der Waals surface area contributed by atoms with Crippen LogP contribution in [0, 0.1) is 24.1 Å². The number of ketones is 1. The summed E-state index contributed by atoms with van der Waals surface area (Å²) in [5, 5.41) is 12.7. The van der Waals surface area contributed by atoms with Gasteiger partial charge in [-0.1, -0.05) is 12.1 Å². The van der Waals surface area contributed by atoms with Crippen LogP contribution in [-0.4, -0.2) is 5.78 Å². The van der Waals surface area contributed by atoms with Crippen molar-refractivity contribution in [1.82, 2.24) is 0 Å². The summed E-state index contributed by atoms with van der Waals surface area (Å²) in [6.07, 6.45) is 0. The van der Waals surface area contributed by atoms with E-state index < -0.39 is 11.7 Å². The van der Waals surface area contributed by atoms with Crippen molar-refractivity contribution < 1.29 is 9.18 Å². The van der Waals surface area contributed by atoms with Crippen LogP contribution in [0.3, 0.4) is 0 Å². The molecule has 1 atom stereocenters. The van der Waals surface area contributed by atoms with Crippen molar-refractivity contribution in [3.8, 4) is 6.07 Å². The van der Waals surface area contributed by atoms with E-state index in [2.05, 4.69) is 0 Å². The molecule has 0 aliphatic rings. The van der Waals surface area contributed by atoms with E-state index >= 15 is 0 Å². The predicted molar refractivity (Wildman–Crippen MR) is 68.1 cm³/mol. The van der Waals surface area contributed by atoms with Gasteiger partial charge in [0, 0.05) is 10.9 Å². The maximum Gasteiger partial charge on any atom is 0.185 e. The summed E-state index contributed by atoms with van der Waals surface area (Å²) >= 11 is 1.42. The highest BCUT2D eigenvalue weighted by molar-refractivity contribution is 7.08. The van der Waals surface area contributed by atoms with E-state index in [1.807, 2.05) is 18.4 Å². The van der Waals surface area contributed by atoms with Gasteiger partial charge in [0.05, 0.1) is 6.07 Å². The van der Waals surface area contributed by atoms with Crippen molar-refractivity contribution in [3.63, 3.8) is 0 Å². The van der Waals surface area contributed by atoms with E-state index in [0.717, 1.165) is 5.56 Å². The molecule has 4 heteroatoms. The van der Waals surface area contributed by atoms with Gasteiger partial charge in [0.1, 0.15) is 11.7 Å². The van der Waals surface area contributed by atoms with Gasteiger partial charge < -0.3 is 0 Å². The number of halogens is 1. The van der Waals surface area contributed by atoms with Gasteiger partial charge >= 0.3 is 0 Å². The Bertz CT molecular complexity index is 627. The maximum atomic E-state index is 13.1. The molecule has 0 saturated carbocycles. The van der Waals surface area contributed by atoms with Gasteiger partial charge in [-0.3, -0.25) is 4.79 Å². The molecule has 1 aromatic carbocycles. The maximum absolute atomic E-state index is 13.1. The number of aryl methyl sites for hydroxylation is 1. The molecule has 0 spiro atoms. The molecule has 0 fully saturated rings. The Kier molecular flexibility index (Phi) is 3.54. The lowest BCUT2D eigenvalue weighted by molar-refractivity contribution is 0.0978. The van der Waals surface area contributed by atoms with Crippen LogP contribution >= 0.6 is 11.3 Å². The molecular weight excluding hydrogens is 249 g/mol. The Morgan fingerprint density at radius 1 is 1.44 bits per heavy atom. The number of nitriles is 1. The van der Waals surface area contributed by atoms with Crippen LogP contribution in [0.15, 0.2) is 35.0 Å². The second-order valence-electron chi connectivity index (χ2n) is 3.95. The molecule has 2 nitrogen and oxygen atoms in total. The molecule has 0 radical (unpaired) electrons. The van der Waals surface area contributed by atoms with Crippen LogP contribution in [0.4, 0.5) is 4.39 Å². The molecule has 0 aliphatic carbocycles. The van der Waals surface area contributed by atoms with Gasteiger partial charge in [0.2, 0.25) is 0 Å². The van der Waals surface area contributed by atoms with Crippen LogP contribution < -0.4 is 0 Å². The number of carbonyl (C=O) groups excluding carboxylic acids is 1. The number of nitrogens with zero attached hydrogens (tertiary/aromatic N) is 1. The van der Waals surface area contributed by atoms with Gasteiger partial charge in [-0.05, 0) is 35.6 Å². The minimum Gasteiger partial charge on any atom is -0.292 e. The molecule has 90 valence electrons. The monoisotopic (exact) mass is 259 g/mol. The molecule has 1 aromatic heterocycles. The summed E-state index contributed by atoms with van der Waals surface area (Å²) in [7, 11) is 0. The van der Waals surface area contributed by atoms with Gasteiger partial charge in [-0.2, -0.15) is 16.6 Å². The van der Waals surface area contributed by atoms with Gasteiger partial charge in [0.25, 0.3) is 0 Å². The van der Waals surface area contributed by atoms with E-state index in [1.54, 1.807) is 11.4 Å². The molecule has 1 heterocycles. The van der Waals surface area contributed by atoms with E-state index in [-0.39, 0.29) is 5.78 Å². The molecule has 0 bridgehead atoms. The number of thiophene rings is 1. The lowest BCUT2D eigenvalue weighted by Crippen LogP contribution is -2.11. The Morgan fingerprint density at radius 2 is 2.22 bits per heavy atom. The second-order valence-corrected chi connectivity index (χ2v) is 4.69. The first kappa shape index (κ1) is 12.5. The Hall–Kier alpha value is -1.99. The topological polar surface area (TPSA) is 40.9 Å². The van der Waals surface area contributed by atoms with Crippen molar-refractivity contribution >= 4 is 17.1 Å². The van der Waals surface area contributed by atoms with Gasteiger partial charge in [-0.15, -0.1) is 0 Å². The van der Waals surface area contributed by atoms with Gasteiger partial charge in [-0.25, -0.2) is 4.39 Å². The summed E-state index contributed by atoms with van der Waals surface area (Å²) in [5.41, 5.74) is 1.78. The van der Waals surface area contributed by atoms with Crippen LogP contribution in [-0.2, 0) is 0 Å². The smallest absolute Gasteiger partial charge is 0.185 e. The third-order valence-corrected chi connectivity index (χ3v) is 3.56. The quantitative estimate of drug-likeness (QED) is 0.789. The highest BCUT2D eigenvalue weighted by atomic mass is 32.1. The molecule has 1 unspecified atom stereocenters. The van der Waals surface area contributed by atoms with E-state index in [0.29, 0.717) is 11.1 Å². The highest BCUT2D eigenvalue weighted by Gasteiger charge is 2.23. The molecule has 2 rings (SSSR count). The van der Waals surface area contributed by atoms with Crippen molar-refractivity contribution in [1.29, 1.82) is 5.26 Å². The van der Waals surface area contributed by atoms with Crippen LogP contribution in [0.1, 0.15) is 27.4 Å². The number of Topliss-reactive ketones (excluding diaryl/α,β-unsaturated/α-hetero) is 1. The number of hydrogen-bond acceptors (Lipinski definition) is 3. The molecule has 0 N–H and O–H groups in total. The first-order valence-electron chi connectivity index (χ1n) is 5.35. The fraction of sp³-hybridized carbons (Fsp3) is 0.143. The standard InChI is InChI=1S/C14H10FNOS/c1-9-7-18-8-13(9)14(17)12(6-16)10-3-2-4-11(15)5-10/h2-5,7-8,12H,1H3.